The van der Waals surface area contributed by atoms with Crippen LogP contribution in [0.5, 0.6) is 0 Å². The molecule has 0 saturated heterocycles. The Hall–Kier alpha value is -0.900. The average molecular weight is 249 g/mol. The normalized spacial score (nSPS) is 11.4. The van der Waals surface area contributed by atoms with Gasteiger partial charge in [0.05, 0.1) is 0 Å². The van der Waals surface area contributed by atoms with Crippen molar-refractivity contribution in [3.05, 3.63) is 35.4 Å². The van der Waals surface area contributed by atoms with Crippen molar-refractivity contribution in [1.29, 1.82) is 0 Å². The summed E-state index contributed by atoms with van der Waals surface area (Å²) in [7, 11) is 4.25. The van der Waals surface area contributed by atoms with Gasteiger partial charge in [-0.3, -0.25) is 4.90 Å². The molecule has 0 aliphatic rings. The monoisotopic (exact) mass is 249 g/mol. The quantitative estimate of drug-likeness (QED) is 0.764. The van der Waals surface area contributed by atoms with Crippen LogP contribution in [0.1, 0.15) is 24.5 Å². The van der Waals surface area contributed by atoms with Gasteiger partial charge in [-0.2, -0.15) is 0 Å². The second-order valence-electron chi connectivity index (χ2n) is 5.10. The van der Waals surface area contributed by atoms with E-state index in [1.54, 1.807) is 0 Å². The molecule has 1 aromatic carbocycles. The first-order chi connectivity index (χ1) is 8.65. The molecule has 0 bridgehead atoms. The third-order valence-corrected chi connectivity index (χ3v) is 3.07. The SMILES string of the molecule is CCCN(CCN(C)C)Cc1ccc(CN)cc1. The number of nitrogens with zero attached hydrogens (tertiary/aromatic N) is 2. The van der Waals surface area contributed by atoms with E-state index in [0.717, 1.165) is 26.2 Å². The van der Waals surface area contributed by atoms with Crippen molar-refractivity contribution in [2.75, 3.05) is 33.7 Å². The van der Waals surface area contributed by atoms with Gasteiger partial charge in [0.1, 0.15) is 0 Å². The molecule has 0 aliphatic carbocycles. The lowest BCUT2D eigenvalue weighted by molar-refractivity contribution is 0.234. The lowest BCUT2D eigenvalue weighted by Gasteiger charge is -2.23. The fraction of sp³-hybridized carbons (Fsp3) is 0.600. The summed E-state index contributed by atoms with van der Waals surface area (Å²) < 4.78 is 0. The smallest absolute Gasteiger partial charge is 0.0234 e. The van der Waals surface area contributed by atoms with Gasteiger partial charge in [0.15, 0.2) is 0 Å². The summed E-state index contributed by atoms with van der Waals surface area (Å²) in [6.07, 6.45) is 1.20. The van der Waals surface area contributed by atoms with Crippen LogP contribution >= 0.6 is 0 Å². The van der Waals surface area contributed by atoms with Crippen molar-refractivity contribution in [2.45, 2.75) is 26.4 Å². The maximum atomic E-state index is 5.61. The summed E-state index contributed by atoms with van der Waals surface area (Å²) in [4.78, 5) is 4.75. The van der Waals surface area contributed by atoms with Crippen LogP contribution in [0, 0.1) is 0 Å². The van der Waals surface area contributed by atoms with E-state index in [1.807, 2.05) is 0 Å². The van der Waals surface area contributed by atoms with Gasteiger partial charge in [0, 0.05) is 26.2 Å². The first-order valence-electron chi connectivity index (χ1n) is 6.80. The Morgan fingerprint density at radius 3 is 2.06 bits per heavy atom. The van der Waals surface area contributed by atoms with Crippen LogP contribution in [0.15, 0.2) is 24.3 Å². The number of rotatable bonds is 8. The highest BCUT2D eigenvalue weighted by atomic mass is 15.2. The van der Waals surface area contributed by atoms with E-state index < -0.39 is 0 Å². The zero-order chi connectivity index (χ0) is 13.4. The van der Waals surface area contributed by atoms with E-state index in [9.17, 15) is 0 Å². The minimum absolute atomic E-state index is 0.625. The largest absolute Gasteiger partial charge is 0.326 e. The van der Waals surface area contributed by atoms with Gasteiger partial charge >= 0.3 is 0 Å². The first-order valence-corrected chi connectivity index (χ1v) is 6.80. The Kier molecular flexibility index (Phi) is 6.94. The predicted octanol–water partition coefficient (Wildman–Crippen LogP) is 1.92. The van der Waals surface area contributed by atoms with Crippen molar-refractivity contribution in [3.8, 4) is 0 Å². The molecule has 0 radical (unpaired) electrons. The van der Waals surface area contributed by atoms with Crippen LogP contribution in [0.25, 0.3) is 0 Å². The molecule has 3 nitrogen and oxygen atoms in total. The molecule has 0 aromatic heterocycles. The van der Waals surface area contributed by atoms with Gasteiger partial charge in [-0.15, -0.1) is 0 Å². The number of hydrogen-bond donors (Lipinski definition) is 1. The number of nitrogens with two attached hydrogens (primary N) is 1. The zero-order valence-corrected chi connectivity index (χ0v) is 12.0. The van der Waals surface area contributed by atoms with E-state index in [1.165, 1.54) is 17.5 Å². The second-order valence-corrected chi connectivity index (χ2v) is 5.10. The average Bonchev–Trinajstić information content (AvgIpc) is 2.37. The van der Waals surface area contributed by atoms with Gasteiger partial charge in [-0.05, 0) is 38.2 Å². The molecule has 0 aliphatic heterocycles. The molecule has 1 aromatic rings. The fourth-order valence-corrected chi connectivity index (χ4v) is 1.97. The summed E-state index contributed by atoms with van der Waals surface area (Å²) in [5, 5.41) is 0. The van der Waals surface area contributed by atoms with Crippen molar-refractivity contribution in [3.63, 3.8) is 0 Å². The lowest BCUT2D eigenvalue weighted by Crippen LogP contribution is -2.32. The summed E-state index contributed by atoms with van der Waals surface area (Å²) in [5.41, 5.74) is 8.19. The Bertz CT molecular complexity index is 319. The van der Waals surface area contributed by atoms with Crippen molar-refractivity contribution in [1.82, 2.24) is 9.80 Å². The molecule has 102 valence electrons. The van der Waals surface area contributed by atoms with Crippen LogP contribution in [-0.4, -0.2) is 43.5 Å². The molecule has 2 N–H and O–H groups in total. The van der Waals surface area contributed by atoms with Gasteiger partial charge in [-0.25, -0.2) is 0 Å². The minimum Gasteiger partial charge on any atom is -0.326 e. The zero-order valence-electron chi connectivity index (χ0n) is 12.0. The van der Waals surface area contributed by atoms with Crippen molar-refractivity contribution in [2.24, 2.45) is 5.73 Å². The lowest BCUT2D eigenvalue weighted by atomic mass is 10.1. The standard InChI is InChI=1S/C15H27N3/c1-4-9-18(11-10-17(2)3)13-15-7-5-14(12-16)6-8-15/h5-8H,4,9-13,16H2,1-3H3. The molecule has 18 heavy (non-hydrogen) atoms. The van der Waals surface area contributed by atoms with E-state index >= 15 is 0 Å². The minimum atomic E-state index is 0.625. The number of hydrogen-bond acceptors (Lipinski definition) is 3. The second kappa shape index (κ2) is 8.25. The molecule has 0 heterocycles. The summed E-state index contributed by atoms with van der Waals surface area (Å²) in [6, 6.07) is 8.65. The Morgan fingerprint density at radius 1 is 0.944 bits per heavy atom. The van der Waals surface area contributed by atoms with Gasteiger partial charge in [0.25, 0.3) is 0 Å². The van der Waals surface area contributed by atoms with E-state index in [-0.39, 0.29) is 0 Å². The highest BCUT2D eigenvalue weighted by Gasteiger charge is 2.05. The van der Waals surface area contributed by atoms with E-state index in [0.29, 0.717) is 6.54 Å². The number of likely N-dealkylation sites (N-methyl/N-ethyl adjacent to an activating group) is 1. The van der Waals surface area contributed by atoms with E-state index in [4.69, 9.17) is 5.73 Å². The highest BCUT2D eigenvalue weighted by molar-refractivity contribution is 5.22. The highest BCUT2D eigenvalue weighted by Crippen LogP contribution is 2.08. The maximum Gasteiger partial charge on any atom is 0.0234 e. The van der Waals surface area contributed by atoms with Gasteiger partial charge in [0.2, 0.25) is 0 Å². The molecular weight excluding hydrogens is 222 g/mol. The van der Waals surface area contributed by atoms with Crippen LogP contribution < -0.4 is 5.73 Å². The Balaban J connectivity index is 2.52. The topological polar surface area (TPSA) is 32.5 Å². The van der Waals surface area contributed by atoms with Crippen LogP contribution in [0.2, 0.25) is 0 Å². The molecule has 0 fully saturated rings. The van der Waals surface area contributed by atoms with Gasteiger partial charge in [-0.1, -0.05) is 31.2 Å². The molecule has 0 saturated carbocycles. The van der Waals surface area contributed by atoms with E-state index in [2.05, 4.69) is 55.1 Å². The number of benzene rings is 1. The van der Waals surface area contributed by atoms with Crippen molar-refractivity contribution < 1.29 is 0 Å². The predicted molar refractivity (Wildman–Crippen MR) is 78.5 cm³/mol. The Morgan fingerprint density at radius 2 is 1.56 bits per heavy atom. The third-order valence-electron chi connectivity index (χ3n) is 3.07. The maximum absolute atomic E-state index is 5.61. The summed E-state index contributed by atoms with van der Waals surface area (Å²) in [5.74, 6) is 0. The van der Waals surface area contributed by atoms with Crippen LogP contribution in [0.3, 0.4) is 0 Å². The molecular formula is C15H27N3. The molecule has 0 unspecified atom stereocenters. The molecule has 3 heteroatoms. The summed E-state index contributed by atoms with van der Waals surface area (Å²) >= 11 is 0. The van der Waals surface area contributed by atoms with Crippen LogP contribution in [-0.2, 0) is 13.1 Å². The molecule has 1 rings (SSSR count). The Labute approximate surface area is 112 Å². The summed E-state index contributed by atoms with van der Waals surface area (Å²) in [6.45, 7) is 7.29. The fourth-order valence-electron chi connectivity index (χ4n) is 1.97. The molecule has 0 atom stereocenters. The van der Waals surface area contributed by atoms with Crippen LogP contribution in [0.4, 0.5) is 0 Å². The van der Waals surface area contributed by atoms with Gasteiger partial charge < -0.3 is 10.6 Å². The molecule has 0 spiro atoms. The van der Waals surface area contributed by atoms with Crippen molar-refractivity contribution >= 4 is 0 Å². The third kappa shape index (κ3) is 5.63. The first kappa shape index (κ1) is 15.2. The molecule has 0 amide bonds.